The van der Waals surface area contributed by atoms with Gasteiger partial charge in [-0.15, -0.1) is 0 Å². The first-order valence-electron chi connectivity index (χ1n) is 7.07. The molecule has 100 valence electrons. The third-order valence-electron chi connectivity index (χ3n) is 5.62. The van der Waals surface area contributed by atoms with Crippen LogP contribution in [-0.4, -0.2) is 22.8 Å². The Bertz CT molecular complexity index is 403. The zero-order chi connectivity index (χ0) is 13.1. The van der Waals surface area contributed by atoms with Crippen molar-refractivity contribution in [3.8, 4) is 0 Å². The number of aliphatic hydroxyl groups is 1. The number of carbonyl (C=O) groups is 1. The van der Waals surface area contributed by atoms with E-state index in [0.29, 0.717) is 11.8 Å². The zero-order valence-corrected chi connectivity index (χ0v) is 11.2. The maximum Gasteiger partial charge on any atom is 0.309 e. The van der Waals surface area contributed by atoms with Crippen LogP contribution in [0.2, 0.25) is 0 Å². The third kappa shape index (κ3) is 1.31. The molecule has 3 rings (SSSR count). The molecule has 1 saturated heterocycles. The van der Waals surface area contributed by atoms with Gasteiger partial charge >= 0.3 is 5.97 Å². The van der Waals surface area contributed by atoms with Gasteiger partial charge in [-0.2, -0.15) is 0 Å². The minimum atomic E-state index is -0.669. The van der Waals surface area contributed by atoms with Crippen molar-refractivity contribution in [3.05, 3.63) is 12.2 Å². The Balaban J connectivity index is 2.08. The van der Waals surface area contributed by atoms with Gasteiger partial charge in [0.2, 0.25) is 0 Å². The predicted molar refractivity (Wildman–Crippen MR) is 67.7 cm³/mol. The Labute approximate surface area is 108 Å². The Kier molecular flexibility index (Phi) is 2.60. The number of hydrogen-bond acceptors (Lipinski definition) is 3. The van der Waals surface area contributed by atoms with E-state index in [2.05, 4.69) is 13.5 Å². The van der Waals surface area contributed by atoms with Gasteiger partial charge in [-0.05, 0) is 37.2 Å². The number of ether oxygens (including phenoxy) is 1. The fourth-order valence-electron chi connectivity index (χ4n) is 4.58. The molecule has 0 amide bonds. The van der Waals surface area contributed by atoms with Crippen molar-refractivity contribution < 1.29 is 14.6 Å². The van der Waals surface area contributed by atoms with Gasteiger partial charge in [0.25, 0.3) is 0 Å². The second kappa shape index (κ2) is 3.83. The van der Waals surface area contributed by atoms with Gasteiger partial charge in [-0.1, -0.05) is 20.4 Å². The molecule has 0 aromatic heterocycles. The lowest BCUT2D eigenvalue weighted by atomic mass is 9.55. The van der Waals surface area contributed by atoms with Crippen molar-refractivity contribution >= 4 is 5.97 Å². The van der Waals surface area contributed by atoms with Crippen molar-refractivity contribution in [1.82, 2.24) is 0 Å². The second-order valence-electron chi connectivity index (χ2n) is 6.43. The lowest BCUT2D eigenvalue weighted by molar-refractivity contribution is -0.188. The quantitative estimate of drug-likeness (QED) is 0.530. The lowest BCUT2D eigenvalue weighted by Crippen LogP contribution is -2.60. The molecule has 2 aliphatic carbocycles. The number of carbonyl (C=O) groups excluding carboxylic acids is 1. The second-order valence-corrected chi connectivity index (χ2v) is 6.43. The number of rotatable bonds is 0. The molecule has 18 heavy (non-hydrogen) atoms. The van der Waals surface area contributed by atoms with Crippen molar-refractivity contribution in [2.75, 3.05) is 0 Å². The van der Waals surface area contributed by atoms with Gasteiger partial charge in [0, 0.05) is 11.8 Å². The summed E-state index contributed by atoms with van der Waals surface area (Å²) in [5.41, 5.74) is 0.177. The smallest absolute Gasteiger partial charge is 0.309 e. The van der Waals surface area contributed by atoms with Crippen LogP contribution in [0.1, 0.15) is 39.5 Å². The fourth-order valence-corrected chi connectivity index (χ4v) is 4.58. The molecule has 3 aliphatic rings. The molecule has 0 radical (unpaired) electrons. The van der Waals surface area contributed by atoms with E-state index in [1.165, 1.54) is 0 Å². The van der Waals surface area contributed by atoms with E-state index >= 15 is 0 Å². The Morgan fingerprint density at radius 1 is 1.28 bits per heavy atom. The first-order chi connectivity index (χ1) is 8.48. The van der Waals surface area contributed by atoms with Crippen molar-refractivity contribution in [2.45, 2.75) is 51.2 Å². The number of esters is 1. The minimum absolute atomic E-state index is 0.0828. The summed E-state index contributed by atoms with van der Waals surface area (Å²) >= 11 is 0. The topological polar surface area (TPSA) is 46.5 Å². The summed E-state index contributed by atoms with van der Waals surface area (Å²) in [6.45, 7) is 8.14. The third-order valence-corrected chi connectivity index (χ3v) is 5.62. The normalized spacial score (nSPS) is 51.6. The van der Waals surface area contributed by atoms with E-state index in [-0.39, 0.29) is 17.8 Å². The molecule has 1 spiro atoms. The average Bonchev–Trinajstić information content (AvgIpc) is 2.59. The molecule has 2 saturated carbocycles. The molecule has 6 atom stereocenters. The molecule has 3 fully saturated rings. The summed E-state index contributed by atoms with van der Waals surface area (Å²) in [6.07, 6.45) is 3.30. The predicted octanol–water partition coefficient (Wildman–Crippen LogP) is 2.29. The molecule has 0 unspecified atom stereocenters. The van der Waals surface area contributed by atoms with Crippen LogP contribution in [0.5, 0.6) is 0 Å². The standard InChI is InChI=1S/C15H22O3/c1-8-4-7-12-10(3)14(17)18-15(12)11(8)6-5-9(2)13(15)16/h8,10-13,16H,2,4-7H2,1,3H3/t8-,10+,11+,12+,13-,15-/m1/s1. The van der Waals surface area contributed by atoms with Gasteiger partial charge < -0.3 is 9.84 Å². The molecule has 3 heteroatoms. The first kappa shape index (κ1) is 12.2. The van der Waals surface area contributed by atoms with Gasteiger partial charge in [-0.3, -0.25) is 4.79 Å². The van der Waals surface area contributed by atoms with E-state index in [1.807, 2.05) is 6.92 Å². The number of hydrogen-bond donors (Lipinski definition) is 1. The first-order valence-corrected chi connectivity index (χ1v) is 7.07. The van der Waals surface area contributed by atoms with Gasteiger partial charge in [0.15, 0.2) is 0 Å². The van der Waals surface area contributed by atoms with E-state index in [4.69, 9.17) is 4.74 Å². The summed E-state index contributed by atoms with van der Waals surface area (Å²) in [5, 5.41) is 10.6. The van der Waals surface area contributed by atoms with Gasteiger partial charge in [0.1, 0.15) is 11.7 Å². The van der Waals surface area contributed by atoms with Crippen LogP contribution in [-0.2, 0) is 9.53 Å². The molecule has 0 aromatic carbocycles. The highest BCUT2D eigenvalue weighted by atomic mass is 16.6. The van der Waals surface area contributed by atoms with Crippen LogP contribution in [0.25, 0.3) is 0 Å². The van der Waals surface area contributed by atoms with E-state index < -0.39 is 11.7 Å². The highest BCUT2D eigenvalue weighted by molar-refractivity contribution is 5.76. The van der Waals surface area contributed by atoms with Crippen LogP contribution in [0.15, 0.2) is 12.2 Å². The van der Waals surface area contributed by atoms with Crippen LogP contribution in [0.3, 0.4) is 0 Å². The molecule has 1 N–H and O–H groups in total. The van der Waals surface area contributed by atoms with Gasteiger partial charge in [-0.25, -0.2) is 0 Å². The molecule has 0 aromatic rings. The summed E-state index contributed by atoms with van der Waals surface area (Å²) in [7, 11) is 0. The maximum absolute atomic E-state index is 12.0. The summed E-state index contributed by atoms with van der Waals surface area (Å²) < 4.78 is 5.77. The Morgan fingerprint density at radius 3 is 2.72 bits per heavy atom. The highest BCUT2D eigenvalue weighted by Gasteiger charge is 2.65. The van der Waals surface area contributed by atoms with Crippen molar-refractivity contribution in [1.29, 1.82) is 0 Å². The van der Waals surface area contributed by atoms with E-state index in [9.17, 15) is 9.90 Å². The molecule has 3 nitrogen and oxygen atoms in total. The van der Waals surface area contributed by atoms with E-state index in [0.717, 1.165) is 31.3 Å². The Morgan fingerprint density at radius 2 is 2.00 bits per heavy atom. The molecular weight excluding hydrogens is 228 g/mol. The minimum Gasteiger partial charge on any atom is -0.455 e. The highest BCUT2D eigenvalue weighted by Crippen LogP contribution is 2.58. The van der Waals surface area contributed by atoms with Gasteiger partial charge in [0.05, 0.1) is 5.92 Å². The molecule has 0 bridgehead atoms. The van der Waals surface area contributed by atoms with Crippen LogP contribution >= 0.6 is 0 Å². The van der Waals surface area contributed by atoms with Crippen molar-refractivity contribution in [2.24, 2.45) is 23.7 Å². The number of aliphatic hydroxyl groups excluding tert-OH is 1. The van der Waals surface area contributed by atoms with Crippen molar-refractivity contribution in [3.63, 3.8) is 0 Å². The average molecular weight is 250 g/mol. The lowest BCUT2D eigenvalue weighted by Gasteiger charge is -2.53. The molecule has 1 aliphatic heterocycles. The molecular formula is C15H22O3. The summed E-state index contributed by atoms with van der Waals surface area (Å²) in [5.74, 6) is 0.763. The summed E-state index contributed by atoms with van der Waals surface area (Å²) in [6, 6.07) is 0. The fraction of sp³-hybridized carbons (Fsp3) is 0.800. The largest absolute Gasteiger partial charge is 0.455 e. The van der Waals surface area contributed by atoms with E-state index in [1.54, 1.807) is 0 Å². The molecule has 1 heterocycles. The zero-order valence-electron chi connectivity index (χ0n) is 11.2. The van der Waals surface area contributed by atoms with Crippen LogP contribution in [0.4, 0.5) is 0 Å². The summed E-state index contributed by atoms with van der Waals surface area (Å²) in [4.78, 5) is 12.0. The monoisotopic (exact) mass is 250 g/mol. The SMILES string of the molecule is C=C1CC[C@H]2[C@H](C)CC[C@H]3[C@H](C)C(=O)O[C@]23[C@@H]1O. The Hall–Kier alpha value is -0.830. The van der Waals surface area contributed by atoms with Crippen LogP contribution in [0, 0.1) is 23.7 Å². The maximum atomic E-state index is 12.0. The van der Waals surface area contributed by atoms with Crippen LogP contribution < -0.4 is 0 Å².